The van der Waals surface area contributed by atoms with Gasteiger partial charge in [0.1, 0.15) is 5.54 Å². The van der Waals surface area contributed by atoms with Crippen molar-refractivity contribution in [3.05, 3.63) is 0 Å². The normalized spacial score (nSPS) is 24.7. The Kier molecular flexibility index (Phi) is 6.05. The van der Waals surface area contributed by atoms with E-state index in [0.717, 1.165) is 32.7 Å². The Balaban J connectivity index is 2.44. The molecule has 0 radical (unpaired) electrons. The van der Waals surface area contributed by atoms with Gasteiger partial charge in [-0.05, 0) is 26.3 Å². The van der Waals surface area contributed by atoms with Crippen molar-refractivity contribution >= 4 is 5.97 Å². The number of nitrogens with one attached hydrogen (secondary N) is 1. The van der Waals surface area contributed by atoms with E-state index in [1.165, 1.54) is 0 Å². The smallest absolute Gasteiger partial charge is 0.323 e. The highest BCUT2D eigenvalue weighted by Crippen LogP contribution is 2.14. The maximum absolute atomic E-state index is 11.3. The molecule has 1 aliphatic heterocycles. The molecule has 1 fully saturated rings. The molecule has 1 saturated heterocycles. The first-order valence-corrected chi connectivity index (χ1v) is 6.84. The van der Waals surface area contributed by atoms with E-state index in [-0.39, 0.29) is 0 Å². The minimum Gasteiger partial charge on any atom is -0.480 e. The first-order chi connectivity index (χ1) is 8.51. The molecule has 5 nitrogen and oxygen atoms in total. The molecule has 1 aliphatic rings. The van der Waals surface area contributed by atoms with Crippen LogP contribution in [0.2, 0.25) is 0 Å². The van der Waals surface area contributed by atoms with Crippen molar-refractivity contribution < 1.29 is 14.6 Å². The molecule has 18 heavy (non-hydrogen) atoms. The van der Waals surface area contributed by atoms with E-state index >= 15 is 0 Å². The van der Waals surface area contributed by atoms with E-state index in [2.05, 4.69) is 17.1 Å². The van der Waals surface area contributed by atoms with Crippen molar-refractivity contribution in [3.8, 4) is 0 Å². The van der Waals surface area contributed by atoms with E-state index in [1.807, 2.05) is 6.92 Å². The summed E-state index contributed by atoms with van der Waals surface area (Å²) in [6.07, 6.45) is 1.93. The lowest BCUT2D eigenvalue weighted by Crippen LogP contribution is -2.52. The predicted octanol–water partition coefficient (Wildman–Crippen LogP) is 0.940. The van der Waals surface area contributed by atoms with Crippen LogP contribution in [0.5, 0.6) is 0 Å². The zero-order valence-electron chi connectivity index (χ0n) is 11.7. The molecule has 0 amide bonds. The Morgan fingerprint density at radius 1 is 1.56 bits per heavy atom. The fourth-order valence-electron chi connectivity index (χ4n) is 2.27. The van der Waals surface area contributed by atoms with Crippen LogP contribution in [-0.4, -0.2) is 60.4 Å². The van der Waals surface area contributed by atoms with E-state index in [4.69, 9.17) is 4.74 Å². The fraction of sp³-hybridized carbons (Fsp3) is 0.923. The third-order valence-corrected chi connectivity index (χ3v) is 3.65. The molecular formula is C13H26N2O3. The van der Waals surface area contributed by atoms with Gasteiger partial charge >= 0.3 is 5.97 Å². The number of nitrogens with zero attached hydrogens (tertiary/aromatic N) is 1. The topological polar surface area (TPSA) is 61.8 Å². The number of likely N-dealkylation sites (N-methyl/N-ethyl adjacent to an activating group) is 1. The first-order valence-electron chi connectivity index (χ1n) is 6.84. The summed E-state index contributed by atoms with van der Waals surface area (Å²) in [5.74, 6) is -0.773. The molecule has 0 aromatic carbocycles. The van der Waals surface area contributed by atoms with Crippen LogP contribution in [0.3, 0.4) is 0 Å². The van der Waals surface area contributed by atoms with Gasteiger partial charge in [0.15, 0.2) is 0 Å². The average Bonchev–Trinajstić information content (AvgIpc) is 2.37. The quantitative estimate of drug-likeness (QED) is 0.711. The average molecular weight is 258 g/mol. The molecule has 2 atom stereocenters. The van der Waals surface area contributed by atoms with Gasteiger partial charge in [-0.15, -0.1) is 0 Å². The van der Waals surface area contributed by atoms with Crippen molar-refractivity contribution in [1.29, 1.82) is 0 Å². The molecule has 0 bridgehead atoms. The second kappa shape index (κ2) is 7.07. The van der Waals surface area contributed by atoms with Crippen LogP contribution in [0.15, 0.2) is 0 Å². The van der Waals surface area contributed by atoms with Crippen LogP contribution in [-0.2, 0) is 9.53 Å². The summed E-state index contributed by atoms with van der Waals surface area (Å²) in [6.45, 7) is 9.85. The number of carboxylic acid groups (broad SMARTS) is 1. The Bertz CT molecular complexity index is 273. The molecule has 5 heteroatoms. The van der Waals surface area contributed by atoms with Crippen LogP contribution in [0.4, 0.5) is 0 Å². The highest BCUT2D eigenvalue weighted by atomic mass is 16.5. The lowest BCUT2D eigenvalue weighted by molar-refractivity contribution is -0.144. The van der Waals surface area contributed by atoms with Gasteiger partial charge in [-0.25, -0.2) is 0 Å². The highest BCUT2D eigenvalue weighted by Gasteiger charge is 2.32. The lowest BCUT2D eigenvalue weighted by Gasteiger charge is -2.35. The van der Waals surface area contributed by atoms with Crippen LogP contribution in [0.25, 0.3) is 0 Å². The van der Waals surface area contributed by atoms with Gasteiger partial charge in [-0.2, -0.15) is 0 Å². The van der Waals surface area contributed by atoms with Crippen molar-refractivity contribution in [2.24, 2.45) is 0 Å². The summed E-state index contributed by atoms with van der Waals surface area (Å²) in [5, 5.41) is 12.4. The summed E-state index contributed by atoms with van der Waals surface area (Å²) in [7, 11) is 0. The Morgan fingerprint density at radius 2 is 2.28 bits per heavy atom. The SMILES string of the molecule is CCNC(C)(CCN1CCOC(CC)C1)C(=O)O. The van der Waals surface area contributed by atoms with Gasteiger partial charge < -0.3 is 15.2 Å². The molecule has 106 valence electrons. The third kappa shape index (κ3) is 4.23. The molecule has 0 aromatic heterocycles. The molecule has 2 unspecified atom stereocenters. The van der Waals surface area contributed by atoms with Gasteiger partial charge in [-0.3, -0.25) is 9.69 Å². The largest absolute Gasteiger partial charge is 0.480 e. The van der Waals surface area contributed by atoms with E-state index in [0.29, 0.717) is 19.1 Å². The molecule has 0 aliphatic carbocycles. The maximum Gasteiger partial charge on any atom is 0.323 e. The second-order valence-corrected chi connectivity index (χ2v) is 5.12. The zero-order chi connectivity index (χ0) is 13.6. The zero-order valence-corrected chi connectivity index (χ0v) is 11.7. The molecule has 0 spiro atoms. The Morgan fingerprint density at radius 3 is 2.83 bits per heavy atom. The summed E-state index contributed by atoms with van der Waals surface area (Å²) < 4.78 is 5.61. The number of aliphatic carboxylic acids is 1. The minimum absolute atomic E-state index is 0.300. The Hall–Kier alpha value is -0.650. The highest BCUT2D eigenvalue weighted by molar-refractivity contribution is 5.78. The van der Waals surface area contributed by atoms with Crippen LogP contribution < -0.4 is 5.32 Å². The molecule has 1 heterocycles. The number of carboxylic acids is 1. The molecule has 1 rings (SSSR count). The van der Waals surface area contributed by atoms with Crippen LogP contribution in [0.1, 0.15) is 33.6 Å². The van der Waals surface area contributed by atoms with E-state index in [1.54, 1.807) is 6.92 Å². The number of carbonyl (C=O) groups is 1. The molecule has 2 N–H and O–H groups in total. The van der Waals surface area contributed by atoms with Gasteiger partial charge in [0, 0.05) is 19.6 Å². The number of morpholine rings is 1. The molecule has 0 aromatic rings. The van der Waals surface area contributed by atoms with Gasteiger partial charge in [-0.1, -0.05) is 13.8 Å². The van der Waals surface area contributed by atoms with Crippen molar-refractivity contribution in [1.82, 2.24) is 10.2 Å². The van der Waals surface area contributed by atoms with Gasteiger partial charge in [0.05, 0.1) is 12.7 Å². The number of rotatable bonds is 7. The number of ether oxygens (including phenoxy) is 1. The standard InChI is InChI=1S/C13H26N2O3/c1-4-11-10-15(8-9-18-11)7-6-13(3,12(16)17)14-5-2/h11,14H,4-10H2,1-3H3,(H,16,17). The van der Waals surface area contributed by atoms with Crippen molar-refractivity contribution in [2.45, 2.75) is 45.3 Å². The van der Waals surface area contributed by atoms with Crippen LogP contribution in [0, 0.1) is 0 Å². The maximum atomic E-state index is 11.3. The number of hydrogen-bond acceptors (Lipinski definition) is 4. The van der Waals surface area contributed by atoms with Gasteiger partial charge in [0.25, 0.3) is 0 Å². The molecule has 0 saturated carbocycles. The summed E-state index contributed by atoms with van der Waals surface area (Å²) in [4.78, 5) is 13.6. The number of hydrogen-bond donors (Lipinski definition) is 2. The third-order valence-electron chi connectivity index (χ3n) is 3.65. The van der Waals surface area contributed by atoms with E-state index in [9.17, 15) is 9.90 Å². The van der Waals surface area contributed by atoms with Crippen LogP contribution >= 0.6 is 0 Å². The fourth-order valence-corrected chi connectivity index (χ4v) is 2.27. The Labute approximate surface area is 109 Å². The monoisotopic (exact) mass is 258 g/mol. The minimum atomic E-state index is -0.825. The summed E-state index contributed by atoms with van der Waals surface area (Å²) in [5.41, 5.74) is -0.825. The van der Waals surface area contributed by atoms with Crippen molar-refractivity contribution in [2.75, 3.05) is 32.8 Å². The lowest BCUT2D eigenvalue weighted by atomic mass is 9.97. The summed E-state index contributed by atoms with van der Waals surface area (Å²) >= 11 is 0. The second-order valence-electron chi connectivity index (χ2n) is 5.12. The van der Waals surface area contributed by atoms with Gasteiger partial charge in [0.2, 0.25) is 0 Å². The first kappa shape index (κ1) is 15.4. The predicted molar refractivity (Wildman–Crippen MR) is 70.8 cm³/mol. The molecular weight excluding hydrogens is 232 g/mol. The van der Waals surface area contributed by atoms with Crippen molar-refractivity contribution in [3.63, 3.8) is 0 Å². The summed E-state index contributed by atoms with van der Waals surface area (Å²) in [6, 6.07) is 0. The van der Waals surface area contributed by atoms with E-state index < -0.39 is 11.5 Å².